The van der Waals surface area contributed by atoms with Crippen molar-refractivity contribution < 1.29 is 32.6 Å². The molecule has 0 aliphatic carbocycles. The van der Waals surface area contributed by atoms with Gasteiger partial charge in [-0.3, -0.25) is 4.68 Å². The summed E-state index contributed by atoms with van der Waals surface area (Å²) in [5.41, 5.74) is 5.88. The van der Waals surface area contributed by atoms with E-state index >= 15 is 0 Å². The standard InChI is InChI=1S/C44H40N4O7/c1-4-50-41(49)24-19-36-26-48(25-32-15-20-37(21-16-32)51-28-39-30(2)54-42(45-39)34-11-7-5-8-12-34)47-44(36)53-27-33-17-22-38(23-18-33)52-29-40-31(3)55-43(46-40)35-13-9-6-10-14-35/h5-24,26H,4,25,27-29H2,1-3H3. The Morgan fingerprint density at radius 1 is 0.673 bits per heavy atom. The fourth-order valence-corrected chi connectivity index (χ4v) is 5.62. The van der Waals surface area contributed by atoms with E-state index in [1.165, 1.54) is 6.08 Å². The third-order valence-corrected chi connectivity index (χ3v) is 8.58. The van der Waals surface area contributed by atoms with Crippen LogP contribution in [-0.4, -0.2) is 32.3 Å². The van der Waals surface area contributed by atoms with E-state index in [1.807, 2.05) is 129 Å². The molecule has 0 unspecified atom stereocenters. The first-order chi connectivity index (χ1) is 26.9. The molecule has 4 aromatic carbocycles. The van der Waals surface area contributed by atoms with E-state index in [2.05, 4.69) is 9.97 Å². The van der Waals surface area contributed by atoms with E-state index in [4.69, 9.17) is 32.9 Å². The predicted molar refractivity (Wildman–Crippen MR) is 206 cm³/mol. The fourth-order valence-electron chi connectivity index (χ4n) is 5.62. The molecule has 0 N–H and O–H groups in total. The number of esters is 1. The molecule has 11 heteroatoms. The molecule has 0 fully saturated rings. The highest BCUT2D eigenvalue weighted by Crippen LogP contribution is 2.26. The van der Waals surface area contributed by atoms with Crippen LogP contribution >= 0.6 is 0 Å². The first kappa shape index (κ1) is 36.5. The third-order valence-electron chi connectivity index (χ3n) is 8.58. The average molecular weight is 737 g/mol. The zero-order valence-electron chi connectivity index (χ0n) is 30.8. The minimum Gasteiger partial charge on any atom is -0.487 e. The highest BCUT2D eigenvalue weighted by atomic mass is 16.5. The van der Waals surface area contributed by atoms with Gasteiger partial charge in [0.15, 0.2) is 0 Å². The van der Waals surface area contributed by atoms with Crippen molar-refractivity contribution in [3.8, 4) is 40.3 Å². The molecule has 0 saturated carbocycles. The number of nitrogens with zero attached hydrogens (tertiary/aromatic N) is 4. The van der Waals surface area contributed by atoms with Crippen LogP contribution in [-0.2, 0) is 35.9 Å². The highest BCUT2D eigenvalue weighted by molar-refractivity contribution is 5.87. The van der Waals surface area contributed by atoms with E-state index in [1.54, 1.807) is 17.7 Å². The van der Waals surface area contributed by atoms with Gasteiger partial charge in [-0.2, -0.15) is 0 Å². The molecular formula is C44H40N4O7. The number of ether oxygens (including phenoxy) is 4. The van der Waals surface area contributed by atoms with Crippen LogP contribution in [0.2, 0.25) is 0 Å². The Morgan fingerprint density at radius 2 is 1.20 bits per heavy atom. The predicted octanol–water partition coefficient (Wildman–Crippen LogP) is 9.17. The second kappa shape index (κ2) is 17.3. The summed E-state index contributed by atoms with van der Waals surface area (Å²) in [6.07, 6.45) is 4.85. The minimum absolute atomic E-state index is 0.254. The van der Waals surface area contributed by atoms with Gasteiger partial charge in [-0.25, -0.2) is 14.8 Å². The number of carbonyl (C=O) groups is 1. The normalized spacial score (nSPS) is 11.2. The Bertz CT molecular complexity index is 2340. The van der Waals surface area contributed by atoms with Crippen LogP contribution < -0.4 is 14.2 Å². The summed E-state index contributed by atoms with van der Waals surface area (Å²) in [4.78, 5) is 21.3. The zero-order chi connectivity index (χ0) is 38.0. The molecule has 11 nitrogen and oxygen atoms in total. The summed E-state index contributed by atoms with van der Waals surface area (Å²) in [5.74, 6) is 3.91. The van der Waals surface area contributed by atoms with Crippen molar-refractivity contribution in [2.24, 2.45) is 0 Å². The Hall–Kier alpha value is -6.88. The van der Waals surface area contributed by atoms with Gasteiger partial charge < -0.3 is 27.8 Å². The zero-order valence-corrected chi connectivity index (χ0v) is 30.8. The Balaban J connectivity index is 0.958. The quantitative estimate of drug-likeness (QED) is 0.0701. The van der Waals surface area contributed by atoms with Gasteiger partial charge in [-0.1, -0.05) is 60.7 Å². The highest BCUT2D eigenvalue weighted by Gasteiger charge is 2.15. The SMILES string of the molecule is CCOC(=O)C=Cc1cn(Cc2ccc(OCc3nc(-c4ccccc4)oc3C)cc2)nc1OCc1ccc(OCc2nc(-c3ccccc3)oc2C)cc1. The smallest absolute Gasteiger partial charge is 0.330 e. The van der Waals surface area contributed by atoms with Gasteiger partial charge in [0.25, 0.3) is 0 Å². The summed E-state index contributed by atoms with van der Waals surface area (Å²) in [7, 11) is 0. The molecule has 7 aromatic rings. The van der Waals surface area contributed by atoms with Crippen molar-refractivity contribution in [3.63, 3.8) is 0 Å². The first-order valence-electron chi connectivity index (χ1n) is 17.9. The molecular weight excluding hydrogens is 697 g/mol. The van der Waals surface area contributed by atoms with Crippen molar-refractivity contribution in [2.45, 2.75) is 47.1 Å². The lowest BCUT2D eigenvalue weighted by Crippen LogP contribution is -2.02. The van der Waals surface area contributed by atoms with Crippen LogP contribution in [0, 0.1) is 13.8 Å². The van der Waals surface area contributed by atoms with Gasteiger partial charge in [0.1, 0.15) is 54.2 Å². The van der Waals surface area contributed by atoms with Gasteiger partial charge in [-0.15, -0.1) is 5.10 Å². The average Bonchev–Trinajstić information content (AvgIpc) is 3.91. The monoisotopic (exact) mass is 736 g/mol. The first-order valence-corrected chi connectivity index (χ1v) is 17.9. The summed E-state index contributed by atoms with van der Waals surface area (Å²) in [6, 6.07) is 35.0. The minimum atomic E-state index is -0.443. The van der Waals surface area contributed by atoms with Crippen molar-refractivity contribution in [1.29, 1.82) is 0 Å². The molecule has 0 aliphatic heterocycles. The molecule has 0 spiro atoms. The lowest BCUT2D eigenvalue weighted by Gasteiger charge is -2.08. The maximum Gasteiger partial charge on any atom is 0.330 e. The molecule has 0 bridgehead atoms. The van der Waals surface area contributed by atoms with Crippen molar-refractivity contribution >= 4 is 12.0 Å². The maximum absolute atomic E-state index is 12.1. The fraction of sp³-hybridized carbons (Fsp3) is 0.182. The number of carbonyl (C=O) groups excluding carboxylic acids is 1. The summed E-state index contributed by atoms with van der Waals surface area (Å²) < 4.78 is 36.8. The second-order valence-corrected chi connectivity index (χ2v) is 12.6. The number of benzene rings is 4. The van der Waals surface area contributed by atoms with E-state index < -0.39 is 5.97 Å². The maximum atomic E-state index is 12.1. The molecule has 0 radical (unpaired) electrons. The Kier molecular flexibility index (Phi) is 11.5. The number of rotatable bonds is 16. The molecule has 0 amide bonds. The van der Waals surface area contributed by atoms with Crippen molar-refractivity contribution in [2.75, 3.05) is 6.61 Å². The molecule has 0 saturated heterocycles. The van der Waals surface area contributed by atoms with Gasteiger partial charge in [0, 0.05) is 23.4 Å². The molecule has 0 aliphatic rings. The Morgan fingerprint density at radius 3 is 1.73 bits per heavy atom. The van der Waals surface area contributed by atoms with Crippen molar-refractivity contribution in [1.82, 2.24) is 19.7 Å². The summed E-state index contributed by atoms with van der Waals surface area (Å²) in [5, 5.41) is 4.69. The largest absolute Gasteiger partial charge is 0.487 e. The number of aromatic nitrogens is 4. The van der Waals surface area contributed by atoms with Crippen LogP contribution in [0.3, 0.4) is 0 Å². The number of oxazole rings is 2. The van der Waals surface area contributed by atoms with Crippen LogP contribution in [0.25, 0.3) is 29.0 Å². The summed E-state index contributed by atoms with van der Waals surface area (Å²) >= 11 is 0. The van der Waals surface area contributed by atoms with Gasteiger partial charge in [0.05, 0.1) is 18.7 Å². The Labute approximate surface area is 318 Å². The van der Waals surface area contributed by atoms with Crippen LogP contribution in [0.1, 0.15) is 46.5 Å². The lowest BCUT2D eigenvalue weighted by molar-refractivity contribution is -0.137. The van der Waals surface area contributed by atoms with Crippen molar-refractivity contribution in [3.05, 3.63) is 161 Å². The van der Waals surface area contributed by atoms with Gasteiger partial charge in [0.2, 0.25) is 17.7 Å². The van der Waals surface area contributed by atoms with Gasteiger partial charge >= 0.3 is 5.97 Å². The molecule has 55 heavy (non-hydrogen) atoms. The molecule has 7 rings (SSSR count). The number of hydrogen-bond donors (Lipinski definition) is 0. The third kappa shape index (κ3) is 9.57. The van der Waals surface area contributed by atoms with Gasteiger partial charge in [-0.05, 0) is 86.5 Å². The van der Waals surface area contributed by atoms with E-state index in [9.17, 15) is 4.79 Å². The number of aryl methyl sites for hydroxylation is 2. The van der Waals surface area contributed by atoms with Crippen LogP contribution in [0.5, 0.6) is 17.4 Å². The van der Waals surface area contributed by atoms with E-state index in [0.717, 1.165) is 39.4 Å². The number of hydrogen-bond acceptors (Lipinski definition) is 10. The lowest BCUT2D eigenvalue weighted by atomic mass is 10.2. The second-order valence-electron chi connectivity index (χ2n) is 12.6. The van der Waals surface area contributed by atoms with E-state index in [-0.39, 0.29) is 26.4 Å². The molecule has 278 valence electrons. The molecule has 3 heterocycles. The van der Waals surface area contributed by atoms with Crippen LogP contribution in [0.4, 0.5) is 0 Å². The summed E-state index contributed by atoms with van der Waals surface area (Å²) in [6.45, 7) is 7.10. The molecule has 3 aromatic heterocycles. The molecule has 0 atom stereocenters. The topological polar surface area (TPSA) is 124 Å². The van der Waals surface area contributed by atoms with Crippen LogP contribution in [0.15, 0.2) is 130 Å². The van der Waals surface area contributed by atoms with E-state index in [0.29, 0.717) is 47.0 Å².